The van der Waals surface area contributed by atoms with Gasteiger partial charge in [-0.3, -0.25) is 4.79 Å². The van der Waals surface area contributed by atoms with E-state index in [-0.39, 0.29) is 5.91 Å². The summed E-state index contributed by atoms with van der Waals surface area (Å²) >= 11 is 1.50. The van der Waals surface area contributed by atoms with Gasteiger partial charge in [0.15, 0.2) is 11.5 Å². The van der Waals surface area contributed by atoms with Crippen LogP contribution in [0.5, 0.6) is 11.5 Å². The summed E-state index contributed by atoms with van der Waals surface area (Å²) in [6, 6.07) is 13.9. The summed E-state index contributed by atoms with van der Waals surface area (Å²) in [5.41, 5.74) is 2.01. The van der Waals surface area contributed by atoms with E-state index in [1.54, 1.807) is 0 Å². The van der Waals surface area contributed by atoms with Crippen LogP contribution in [0, 0.1) is 0 Å². The van der Waals surface area contributed by atoms with Gasteiger partial charge in [0.05, 0.1) is 30.3 Å². The zero-order valence-electron chi connectivity index (χ0n) is 15.3. The summed E-state index contributed by atoms with van der Waals surface area (Å²) in [6.45, 7) is 3.45. The topological polar surface area (TPSA) is 50.8 Å². The van der Waals surface area contributed by atoms with Gasteiger partial charge in [-0.25, -0.2) is 0 Å². The Bertz CT molecular complexity index is 806. The van der Waals surface area contributed by atoms with E-state index in [1.165, 1.54) is 24.6 Å². The lowest BCUT2D eigenvalue weighted by molar-refractivity contribution is -0.113. The molecule has 4 rings (SSSR count). The molecule has 142 valence electrons. The van der Waals surface area contributed by atoms with Gasteiger partial charge in [0.1, 0.15) is 0 Å². The van der Waals surface area contributed by atoms with Gasteiger partial charge in [-0.05, 0) is 43.2 Å². The molecule has 0 radical (unpaired) electrons. The molecule has 0 spiro atoms. The Morgan fingerprint density at radius 1 is 1.00 bits per heavy atom. The normalized spacial score (nSPS) is 16.1. The van der Waals surface area contributed by atoms with Crippen molar-refractivity contribution in [2.45, 2.75) is 24.2 Å². The summed E-state index contributed by atoms with van der Waals surface area (Å²) in [7, 11) is 0. The molecule has 6 heteroatoms. The minimum absolute atomic E-state index is 0.00115. The molecule has 2 aliphatic heterocycles. The Hall–Kier alpha value is -2.34. The number of hydrogen-bond donors (Lipinski definition) is 1. The van der Waals surface area contributed by atoms with Gasteiger partial charge < -0.3 is 19.7 Å². The molecule has 1 fully saturated rings. The summed E-state index contributed by atoms with van der Waals surface area (Å²) < 4.78 is 11.4. The molecule has 0 saturated carbocycles. The Kier molecular flexibility index (Phi) is 5.72. The third kappa shape index (κ3) is 4.50. The molecule has 0 unspecified atom stereocenters. The number of hydrogen-bond acceptors (Lipinski definition) is 5. The second kappa shape index (κ2) is 8.57. The van der Waals surface area contributed by atoms with E-state index in [0.717, 1.165) is 47.3 Å². The van der Waals surface area contributed by atoms with Crippen LogP contribution < -0.4 is 19.7 Å². The van der Waals surface area contributed by atoms with Crippen LogP contribution in [0.1, 0.15) is 19.3 Å². The van der Waals surface area contributed by atoms with Gasteiger partial charge >= 0.3 is 0 Å². The number of nitrogens with one attached hydrogen (secondary N) is 1. The third-order valence-corrected chi connectivity index (χ3v) is 5.71. The van der Waals surface area contributed by atoms with Crippen molar-refractivity contribution < 1.29 is 14.3 Å². The predicted molar refractivity (Wildman–Crippen MR) is 109 cm³/mol. The monoisotopic (exact) mass is 384 g/mol. The number of fused-ring (bicyclic) bond motifs is 1. The molecule has 1 amide bonds. The van der Waals surface area contributed by atoms with E-state index in [2.05, 4.69) is 16.3 Å². The highest BCUT2D eigenvalue weighted by Crippen LogP contribution is 2.34. The molecule has 2 heterocycles. The van der Waals surface area contributed by atoms with Gasteiger partial charge in [-0.15, -0.1) is 11.8 Å². The van der Waals surface area contributed by atoms with Crippen LogP contribution in [0.25, 0.3) is 0 Å². The zero-order chi connectivity index (χ0) is 18.5. The first-order valence-corrected chi connectivity index (χ1v) is 10.4. The molecule has 2 aliphatic rings. The fraction of sp³-hybridized carbons (Fsp3) is 0.381. The summed E-state index contributed by atoms with van der Waals surface area (Å²) in [5.74, 6) is 1.89. The number of carbonyl (C=O) groups excluding carboxylic acids is 1. The largest absolute Gasteiger partial charge is 0.490 e. The van der Waals surface area contributed by atoms with Crippen LogP contribution in [0.2, 0.25) is 0 Å². The molecular weight excluding hydrogens is 360 g/mol. The third-order valence-electron chi connectivity index (χ3n) is 4.71. The van der Waals surface area contributed by atoms with Crippen LogP contribution in [-0.4, -0.2) is 38.0 Å². The van der Waals surface area contributed by atoms with Gasteiger partial charge in [-0.2, -0.15) is 0 Å². The van der Waals surface area contributed by atoms with Crippen LogP contribution in [-0.2, 0) is 4.79 Å². The second-order valence-electron chi connectivity index (χ2n) is 6.71. The first-order chi connectivity index (χ1) is 13.3. The maximum absolute atomic E-state index is 12.5. The first-order valence-electron chi connectivity index (χ1n) is 9.46. The van der Waals surface area contributed by atoms with E-state index in [1.807, 2.05) is 36.4 Å². The molecular formula is C21H24N2O3S. The van der Waals surface area contributed by atoms with Crippen molar-refractivity contribution >= 4 is 29.0 Å². The van der Waals surface area contributed by atoms with Crippen molar-refractivity contribution in [3.8, 4) is 11.5 Å². The van der Waals surface area contributed by atoms with Gasteiger partial charge in [0.25, 0.3) is 0 Å². The number of amides is 1. The Labute approximate surface area is 164 Å². The van der Waals surface area contributed by atoms with Crippen LogP contribution in [0.4, 0.5) is 11.4 Å². The standard InChI is InChI=1S/C21H24N2O3S/c24-21(22-17-6-1-2-7-18(17)23-10-3-4-11-23)15-27-16-8-9-19-20(14-16)26-13-5-12-25-19/h1-2,6-9,14H,3-5,10-13,15H2,(H,22,24). The van der Waals surface area contributed by atoms with Crippen LogP contribution >= 0.6 is 11.8 Å². The molecule has 1 N–H and O–H groups in total. The number of para-hydroxylation sites is 2. The number of nitrogens with zero attached hydrogens (tertiary/aromatic N) is 1. The van der Waals surface area contributed by atoms with Gasteiger partial charge in [0, 0.05) is 24.4 Å². The van der Waals surface area contributed by atoms with E-state index >= 15 is 0 Å². The first kappa shape index (κ1) is 18.0. The molecule has 1 saturated heterocycles. The summed E-state index contributed by atoms with van der Waals surface area (Å²) in [4.78, 5) is 15.8. The van der Waals surface area contributed by atoms with Crippen molar-refractivity contribution in [3.63, 3.8) is 0 Å². The van der Waals surface area contributed by atoms with Crippen LogP contribution in [0.15, 0.2) is 47.4 Å². The fourth-order valence-electron chi connectivity index (χ4n) is 3.38. The average molecular weight is 385 g/mol. The molecule has 0 bridgehead atoms. The highest BCUT2D eigenvalue weighted by atomic mass is 32.2. The quantitative estimate of drug-likeness (QED) is 0.784. The molecule has 0 atom stereocenters. The summed E-state index contributed by atoms with van der Waals surface area (Å²) in [5, 5.41) is 3.07. The number of thioether (sulfide) groups is 1. The van der Waals surface area contributed by atoms with Gasteiger partial charge in [0.2, 0.25) is 5.91 Å². The lowest BCUT2D eigenvalue weighted by Gasteiger charge is -2.21. The lowest BCUT2D eigenvalue weighted by atomic mass is 10.2. The number of benzene rings is 2. The minimum atomic E-state index is -0.00115. The smallest absolute Gasteiger partial charge is 0.234 e. The molecule has 0 aromatic heterocycles. The Morgan fingerprint density at radius 2 is 1.78 bits per heavy atom. The van der Waals surface area contributed by atoms with Crippen molar-refractivity contribution in [2.24, 2.45) is 0 Å². The highest BCUT2D eigenvalue weighted by molar-refractivity contribution is 8.00. The van der Waals surface area contributed by atoms with Gasteiger partial charge in [-0.1, -0.05) is 12.1 Å². The average Bonchev–Trinajstić information content (AvgIpc) is 3.12. The predicted octanol–water partition coefficient (Wildman–Crippen LogP) is 4.18. The maximum Gasteiger partial charge on any atom is 0.234 e. The van der Waals surface area contributed by atoms with E-state index in [0.29, 0.717) is 19.0 Å². The SMILES string of the molecule is O=C(CSc1ccc2c(c1)OCCCO2)Nc1ccccc1N1CCCC1. The maximum atomic E-state index is 12.5. The zero-order valence-corrected chi connectivity index (χ0v) is 16.1. The minimum Gasteiger partial charge on any atom is -0.490 e. The molecule has 2 aromatic carbocycles. The van der Waals surface area contributed by atoms with E-state index < -0.39 is 0 Å². The molecule has 27 heavy (non-hydrogen) atoms. The van der Waals surface area contributed by atoms with Crippen molar-refractivity contribution in [1.29, 1.82) is 0 Å². The molecule has 2 aromatic rings. The molecule has 0 aliphatic carbocycles. The van der Waals surface area contributed by atoms with E-state index in [9.17, 15) is 4.79 Å². The molecule has 5 nitrogen and oxygen atoms in total. The highest BCUT2D eigenvalue weighted by Gasteiger charge is 2.17. The van der Waals surface area contributed by atoms with Crippen molar-refractivity contribution in [1.82, 2.24) is 0 Å². The van der Waals surface area contributed by atoms with E-state index in [4.69, 9.17) is 9.47 Å². The van der Waals surface area contributed by atoms with Crippen molar-refractivity contribution in [3.05, 3.63) is 42.5 Å². The fourth-order valence-corrected chi connectivity index (χ4v) is 4.11. The summed E-state index contributed by atoms with van der Waals surface area (Å²) in [6.07, 6.45) is 3.31. The Balaban J connectivity index is 1.37. The van der Waals surface area contributed by atoms with Crippen LogP contribution in [0.3, 0.4) is 0 Å². The number of rotatable bonds is 5. The number of ether oxygens (including phenoxy) is 2. The number of carbonyl (C=O) groups is 1. The Morgan fingerprint density at radius 3 is 2.63 bits per heavy atom. The van der Waals surface area contributed by atoms with Crippen molar-refractivity contribution in [2.75, 3.05) is 42.3 Å². The number of anilines is 2. The second-order valence-corrected chi connectivity index (χ2v) is 7.76. The lowest BCUT2D eigenvalue weighted by Crippen LogP contribution is -2.21.